The molecule has 0 bridgehead atoms. The molecule has 2 N–H and O–H groups in total. The Kier molecular flexibility index (Phi) is 5.05. The van der Waals surface area contributed by atoms with Crippen molar-refractivity contribution in [3.63, 3.8) is 0 Å². The summed E-state index contributed by atoms with van der Waals surface area (Å²) in [6.07, 6.45) is 3.39. The molecule has 1 aromatic heterocycles. The van der Waals surface area contributed by atoms with Crippen molar-refractivity contribution in [2.45, 2.75) is 11.8 Å². The molecule has 1 aromatic carbocycles. The molecule has 0 amide bonds. The number of thioether (sulfide) groups is 1. The molecule has 21 heavy (non-hydrogen) atoms. The molecule has 0 aliphatic rings. The van der Waals surface area contributed by atoms with Gasteiger partial charge in [-0.1, -0.05) is 0 Å². The van der Waals surface area contributed by atoms with E-state index in [4.69, 9.17) is 15.2 Å². The molecule has 0 atom stereocenters. The Bertz CT molecular complexity index is 629. The molecule has 0 unspecified atom stereocenters. The highest BCUT2D eigenvalue weighted by molar-refractivity contribution is 7.98. The maximum absolute atomic E-state index is 11.8. The Morgan fingerprint density at radius 1 is 1.33 bits per heavy atom. The van der Waals surface area contributed by atoms with Gasteiger partial charge in [-0.2, -0.15) is 0 Å². The Morgan fingerprint density at radius 3 is 2.67 bits per heavy atom. The van der Waals surface area contributed by atoms with Crippen molar-refractivity contribution < 1.29 is 14.3 Å². The SMILES string of the molecule is CCOC(=O)c1cc(Oc2ccc(SC)cc2)ncc1N. The lowest BCUT2D eigenvalue weighted by molar-refractivity contribution is 0.0527. The number of anilines is 1. The van der Waals surface area contributed by atoms with Crippen LogP contribution in [-0.4, -0.2) is 23.8 Å². The van der Waals surface area contributed by atoms with Crippen molar-refractivity contribution in [3.8, 4) is 11.6 Å². The second-order valence-electron chi connectivity index (χ2n) is 4.11. The van der Waals surface area contributed by atoms with Crippen molar-refractivity contribution in [2.24, 2.45) is 0 Å². The van der Waals surface area contributed by atoms with Crippen LogP contribution in [0.3, 0.4) is 0 Å². The van der Waals surface area contributed by atoms with Crippen LogP contribution in [0.15, 0.2) is 41.4 Å². The number of carbonyl (C=O) groups is 1. The van der Waals surface area contributed by atoms with Gasteiger partial charge in [0.15, 0.2) is 0 Å². The third kappa shape index (κ3) is 3.88. The second-order valence-corrected chi connectivity index (χ2v) is 4.99. The molecule has 110 valence electrons. The largest absolute Gasteiger partial charge is 0.462 e. The van der Waals surface area contributed by atoms with Crippen LogP contribution in [0.25, 0.3) is 0 Å². The van der Waals surface area contributed by atoms with Gasteiger partial charge in [-0.25, -0.2) is 9.78 Å². The summed E-state index contributed by atoms with van der Waals surface area (Å²) in [5.74, 6) is 0.448. The average Bonchev–Trinajstić information content (AvgIpc) is 2.50. The van der Waals surface area contributed by atoms with Gasteiger partial charge < -0.3 is 15.2 Å². The summed E-state index contributed by atoms with van der Waals surface area (Å²) in [5.41, 5.74) is 6.25. The molecule has 2 rings (SSSR count). The van der Waals surface area contributed by atoms with Gasteiger partial charge in [0.25, 0.3) is 0 Å². The Labute approximate surface area is 127 Å². The van der Waals surface area contributed by atoms with Crippen LogP contribution in [0.2, 0.25) is 0 Å². The Morgan fingerprint density at radius 2 is 2.05 bits per heavy atom. The van der Waals surface area contributed by atoms with E-state index >= 15 is 0 Å². The van der Waals surface area contributed by atoms with Crippen LogP contribution in [-0.2, 0) is 4.74 Å². The highest BCUT2D eigenvalue weighted by atomic mass is 32.2. The lowest BCUT2D eigenvalue weighted by atomic mass is 10.2. The number of pyridine rings is 1. The number of benzene rings is 1. The third-order valence-corrected chi connectivity index (χ3v) is 3.43. The van der Waals surface area contributed by atoms with Crippen molar-refractivity contribution in [1.29, 1.82) is 0 Å². The zero-order valence-electron chi connectivity index (χ0n) is 11.8. The predicted molar refractivity (Wildman–Crippen MR) is 82.9 cm³/mol. The molecule has 0 spiro atoms. The van der Waals surface area contributed by atoms with Gasteiger partial charge >= 0.3 is 5.97 Å². The first-order valence-electron chi connectivity index (χ1n) is 6.38. The van der Waals surface area contributed by atoms with E-state index in [1.807, 2.05) is 30.5 Å². The number of nitrogens with two attached hydrogens (primary N) is 1. The number of ether oxygens (including phenoxy) is 2. The summed E-state index contributed by atoms with van der Waals surface area (Å²) in [7, 11) is 0. The van der Waals surface area contributed by atoms with Crippen LogP contribution >= 0.6 is 11.8 Å². The van der Waals surface area contributed by atoms with E-state index in [0.717, 1.165) is 4.90 Å². The van der Waals surface area contributed by atoms with Gasteiger partial charge in [-0.05, 0) is 37.4 Å². The minimum absolute atomic E-state index is 0.252. The maximum atomic E-state index is 11.8. The zero-order valence-corrected chi connectivity index (χ0v) is 12.6. The summed E-state index contributed by atoms with van der Waals surface area (Å²) >= 11 is 1.65. The van der Waals surface area contributed by atoms with Crippen molar-refractivity contribution in [2.75, 3.05) is 18.6 Å². The van der Waals surface area contributed by atoms with Crippen molar-refractivity contribution in [3.05, 3.63) is 42.1 Å². The Hall–Kier alpha value is -2.21. The van der Waals surface area contributed by atoms with E-state index in [1.54, 1.807) is 18.7 Å². The van der Waals surface area contributed by atoms with E-state index in [0.29, 0.717) is 11.6 Å². The van der Waals surface area contributed by atoms with Crippen LogP contribution in [0.5, 0.6) is 11.6 Å². The molecular formula is C15H16N2O3S. The predicted octanol–water partition coefficient (Wildman–Crippen LogP) is 3.35. The van der Waals surface area contributed by atoms with Crippen LogP contribution in [0.1, 0.15) is 17.3 Å². The highest BCUT2D eigenvalue weighted by Gasteiger charge is 2.13. The first-order valence-corrected chi connectivity index (χ1v) is 7.61. The summed E-state index contributed by atoms with van der Waals surface area (Å²) in [6.45, 7) is 2.02. The average molecular weight is 304 g/mol. The first kappa shape index (κ1) is 15.2. The minimum atomic E-state index is -0.486. The maximum Gasteiger partial charge on any atom is 0.340 e. The van der Waals surface area contributed by atoms with Crippen molar-refractivity contribution in [1.82, 2.24) is 4.98 Å². The molecule has 0 radical (unpaired) electrons. The van der Waals surface area contributed by atoms with Gasteiger partial charge in [0.05, 0.1) is 24.1 Å². The number of nitrogens with zero attached hydrogens (tertiary/aromatic N) is 1. The lowest BCUT2D eigenvalue weighted by Gasteiger charge is -2.09. The summed E-state index contributed by atoms with van der Waals surface area (Å²) in [4.78, 5) is 17.0. The van der Waals surface area contributed by atoms with Gasteiger partial charge in [0.1, 0.15) is 5.75 Å². The van der Waals surface area contributed by atoms with E-state index in [1.165, 1.54) is 12.3 Å². The number of rotatable bonds is 5. The highest BCUT2D eigenvalue weighted by Crippen LogP contribution is 2.25. The van der Waals surface area contributed by atoms with Crippen LogP contribution < -0.4 is 10.5 Å². The monoisotopic (exact) mass is 304 g/mol. The van der Waals surface area contributed by atoms with Gasteiger partial charge in [-0.15, -0.1) is 11.8 Å². The molecular weight excluding hydrogens is 288 g/mol. The van der Waals surface area contributed by atoms with E-state index < -0.39 is 5.97 Å². The first-order chi connectivity index (χ1) is 10.1. The topological polar surface area (TPSA) is 74.4 Å². The molecule has 0 aliphatic heterocycles. The third-order valence-electron chi connectivity index (χ3n) is 2.69. The zero-order chi connectivity index (χ0) is 15.2. The smallest absolute Gasteiger partial charge is 0.340 e. The standard InChI is InChI=1S/C15H16N2O3S/c1-3-19-15(18)12-8-14(17-9-13(12)16)20-10-4-6-11(21-2)7-5-10/h4-9H,3,16H2,1-2H3. The fraction of sp³-hybridized carbons (Fsp3) is 0.200. The molecule has 0 saturated heterocycles. The normalized spacial score (nSPS) is 10.2. The summed E-state index contributed by atoms with van der Waals surface area (Å²) < 4.78 is 10.6. The molecule has 6 heteroatoms. The lowest BCUT2D eigenvalue weighted by Crippen LogP contribution is -2.08. The quantitative estimate of drug-likeness (QED) is 0.674. The minimum Gasteiger partial charge on any atom is -0.462 e. The molecule has 1 heterocycles. The molecule has 0 saturated carbocycles. The number of carbonyl (C=O) groups excluding carboxylic acids is 1. The van der Waals surface area contributed by atoms with Crippen LogP contribution in [0, 0.1) is 0 Å². The van der Waals surface area contributed by atoms with E-state index in [-0.39, 0.29) is 17.9 Å². The number of aromatic nitrogens is 1. The fourth-order valence-electron chi connectivity index (χ4n) is 1.65. The van der Waals surface area contributed by atoms with Crippen LogP contribution in [0.4, 0.5) is 5.69 Å². The molecule has 0 fully saturated rings. The molecule has 0 aliphatic carbocycles. The molecule has 2 aromatic rings. The number of esters is 1. The second kappa shape index (κ2) is 6.99. The Balaban J connectivity index is 2.20. The van der Waals surface area contributed by atoms with Gasteiger partial charge in [0.2, 0.25) is 5.88 Å². The number of hydrogen-bond donors (Lipinski definition) is 1. The number of nitrogen functional groups attached to an aromatic ring is 1. The van der Waals surface area contributed by atoms with Gasteiger partial charge in [0, 0.05) is 11.0 Å². The fourth-order valence-corrected chi connectivity index (χ4v) is 2.06. The van der Waals surface area contributed by atoms with Crippen molar-refractivity contribution >= 4 is 23.4 Å². The molecule has 5 nitrogen and oxygen atoms in total. The van der Waals surface area contributed by atoms with Gasteiger partial charge in [-0.3, -0.25) is 0 Å². The number of hydrogen-bond acceptors (Lipinski definition) is 6. The van der Waals surface area contributed by atoms with E-state index in [2.05, 4.69) is 4.98 Å². The summed E-state index contributed by atoms with van der Waals surface area (Å²) in [6, 6.07) is 9.06. The summed E-state index contributed by atoms with van der Waals surface area (Å²) in [5, 5.41) is 0. The van der Waals surface area contributed by atoms with E-state index in [9.17, 15) is 4.79 Å².